The molecule has 1 rings (SSSR count). The quantitative estimate of drug-likeness (QED) is 0.768. The van der Waals surface area contributed by atoms with Crippen molar-refractivity contribution in [2.75, 3.05) is 13.6 Å². The van der Waals surface area contributed by atoms with Gasteiger partial charge in [0.25, 0.3) is 0 Å². The van der Waals surface area contributed by atoms with Crippen LogP contribution in [0, 0.1) is 0 Å². The van der Waals surface area contributed by atoms with E-state index in [1.807, 2.05) is 37.4 Å². The molecule has 0 aromatic heterocycles. The van der Waals surface area contributed by atoms with Crippen molar-refractivity contribution in [3.05, 3.63) is 35.9 Å². The second kappa shape index (κ2) is 7.07. The molecule has 0 saturated heterocycles. The molecule has 0 spiro atoms. The van der Waals surface area contributed by atoms with E-state index >= 15 is 0 Å². The minimum atomic E-state index is -0.539. The maximum Gasteiger partial charge on any atom is 0.243 e. The number of hydrogen-bond donors (Lipinski definition) is 1. The van der Waals surface area contributed by atoms with Gasteiger partial charge < -0.3 is 10.6 Å². The lowest BCUT2D eigenvalue weighted by molar-refractivity contribution is -0.131. The number of hydrogen-bond acceptors (Lipinski definition) is 2. The van der Waals surface area contributed by atoms with Gasteiger partial charge in [0.15, 0.2) is 0 Å². The highest BCUT2D eigenvalue weighted by Crippen LogP contribution is 2.12. The van der Waals surface area contributed by atoms with E-state index in [1.165, 1.54) is 0 Å². The molecule has 0 bridgehead atoms. The monoisotopic (exact) mass is 234 g/mol. The fourth-order valence-electron chi connectivity index (χ4n) is 1.75. The van der Waals surface area contributed by atoms with Gasteiger partial charge in [-0.25, -0.2) is 0 Å². The van der Waals surface area contributed by atoms with Gasteiger partial charge in [0.1, 0.15) is 6.04 Å². The Morgan fingerprint density at radius 3 is 2.53 bits per heavy atom. The largest absolute Gasteiger partial charge is 0.344 e. The highest BCUT2D eigenvalue weighted by molar-refractivity contribution is 5.82. The molecular weight excluding hydrogens is 212 g/mol. The van der Waals surface area contributed by atoms with E-state index in [0.29, 0.717) is 0 Å². The van der Waals surface area contributed by atoms with Crippen molar-refractivity contribution in [2.24, 2.45) is 5.73 Å². The third-order valence-corrected chi connectivity index (χ3v) is 2.90. The van der Waals surface area contributed by atoms with Gasteiger partial charge >= 0.3 is 0 Å². The van der Waals surface area contributed by atoms with E-state index in [-0.39, 0.29) is 5.91 Å². The van der Waals surface area contributed by atoms with Gasteiger partial charge in [-0.3, -0.25) is 4.79 Å². The average molecular weight is 234 g/mol. The van der Waals surface area contributed by atoms with Crippen LogP contribution in [-0.4, -0.2) is 24.4 Å². The maximum atomic E-state index is 12.0. The Balaban J connectivity index is 2.51. The van der Waals surface area contributed by atoms with Crippen LogP contribution in [0.4, 0.5) is 0 Å². The number of carbonyl (C=O) groups excluding carboxylic acids is 1. The van der Waals surface area contributed by atoms with E-state index in [2.05, 4.69) is 6.92 Å². The van der Waals surface area contributed by atoms with Crippen molar-refractivity contribution in [3.8, 4) is 0 Å². The van der Waals surface area contributed by atoms with Crippen molar-refractivity contribution >= 4 is 5.91 Å². The third kappa shape index (κ3) is 4.19. The van der Waals surface area contributed by atoms with Gasteiger partial charge in [0, 0.05) is 13.6 Å². The Labute approximate surface area is 104 Å². The summed E-state index contributed by atoms with van der Waals surface area (Å²) >= 11 is 0. The Hall–Kier alpha value is -1.35. The number of nitrogens with two attached hydrogens (primary N) is 1. The Bertz CT molecular complexity index is 337. The minimum Gasteiger partial charge on any atom is -0.344 e. The molecule has 0 unspecified atom stereocenters. The number of rotatable bonds is 6. The molecule has 17 heavy (non-hydrogen) atoms. The van der Waals surface area contributed by atoms with Crippen molar-refractivity contribution in [1.29, 1.82) is 0 Å². The van der Waals surface area contributed by atoms with Crippen molar-refractivity contribution < 1.29 is 4.79 Å². The number of likely N-dealkylation sites (N-methyl/N-ethyl adjacent to an activating group) is 1. The highest BCUT2D eigenvalue weighted by atomic mass is 16.2. The topological polar surface area (TPSA) is 46.3 Å². The van der Waals surface area contributed by atoms with Crippen LogP contribution in [0.2, 0.25) is 0 Å². The number of nitrogens with zero attached hydrogens (tertiary/aromatic N) is 1. The van der Waals surface area contributed by atoms with Crippen LogP contribution in [0.25, 0.3) is 0 Å². The van der Waals surface area contributed by atoms with Gasteiger partial charge in [0.2, 0.25) is 5.91 Å². The molecule has 0 aliphatic rings. The zero-order chi connectivity index (χ0) is 12.7. The normalized spacial score (nSPS) is 12.2. The summed E-state index contributed by atoms with van der Waals surface area (Å²) in [5, 5.41) is 0. The second-order valence-electron chi connectivity index (χ2n) is 4.36. The molecule has 0 heterocycles. The van der Waals surface area contributed by atoms with Crippen LogP contribution in [0.3, 0.4) is 0 Å². The molecule has 0 fully saturated rings. The Morgan fingerprint density at radius 2 is 1.94 bits per heavy atom. The van der Waals surface area contributed by atoms with Crippen LogP contribution in [0.1, 0.15) is 37.8 Å². The van der Waals surface area contributed by atoms with E-state index < -0.39 is 6.04 Å². The standard InChI is InChI=1S/C14H22N2O/c1-3-4-8-11-16(2)14(17)13(15)12-9-6-5-7-10-12/h5-7,9-10,13H,3-4,8,11,15H2,1-2H3/t13-/m1/s1. The van der Waals surface area contributed by atoms with Crippen molar-refractivity contribution in [1.82, 2.24) is 4.90 Å². The van der Waals surface area contributed by atoms with Gasteiger partial charge in [0.05, 0.1) is 0 Å². The fourth-order valence-corrected chi connectivity index (χ4v) is 1.75. The number of amides is 1. The van der Waals surface area contributed by atoms with E-state index in [0.717, 1.165) is 31.4 Å². The van der Waals surface area contributed by atoms with E-state index in [4.69, 9.17) is 5.73 Å². The van der Waals surface area contributed by atoms with Crippen LogP contribution in [0.5, 0.6) is 0 Å². The summed E-state index contributed by atoms with van der Waals surface area (Å²) in [5.41, 5.74) is 6.83. The lowest BCUT2D eigenvalue weighted by Gasteiger charge is -2.21. The molecule has 3 nitrogen and oxygen atoms in total. The van der Waals surface area contributed by atoms with Crippen LogP contribution < -0.4 is 5.73 Å². The van der Waals surface area contributed by atoms with Gasteiger partial charge in [-0.2, -0.15) is 0 Å². The molecule has 0 aliphatic carbocycles. The summed E-state index contributed by atoms with van der Waals surface area (Å²) in [6.45, 7) is 2.94. The van der Waals surface area contributed by atoms with E-state index in [9.17, 15) is 4.79 Å². The van der Waals surface area contributed by atoms with Crippen LogP contribution >= 0.6 is 0 Å². The highest BCUT2D eigenvalue weighted by Gasteiger charge is 2.18. The molecular formula is C14H22N2O. The number of carbonyl (C=O) groups is 1. The minimum absolute atomic E-state index is 0.00713. The van der Waals surface area contributed by atoms with Crippen molar-refractivity contribution in [2.45, 2.75) is 32.2 Å². The third-order valence-electron chi connectivity index (χ3n) is 2.90. The molecule has 1 atom stereocenters. The number of unbranched alkanes of at least 4 members (excludes halogenated alkanes) is 2. The zero-order valence-electron chi connectivity index (χ0n) is 10.7. The lowest BCUT2D eigenvalue weighted by Crippen LogP contribution is -2.36. The summed E-state index contributed by atoms with van der Waals surface area (Å²) in [5.74, 6) is -0.00713. The predicted molar refractivity (Wildman–Crippen MR) is 70.5 cm³/mol. The summed E-state index contributed by atoms with van der Waals surface area (Å²) in [7, 11) is 1.82. The fraction of sp³-hybridized carbons (Fsp3) is 0.500. The predicted octanol–water partition coefficient (Wildman–Crippen LogP) is 2.33. The van der Waals surface area contributed by atoms with Gasteiger partial charge in [-0.05, 0) is 12.0 Å². The molecule has 0 aliphatic heterocycles. The molecule has 3 heteroatoms. The Morgan fingerprint density at radius 1 is 1.29 bits per heavy atom. The molecule has 94 valence electrons. The summed E-state index contributed by atoms with van der Waals surface area (Å²) in [4.78, 5) is 13.8. The van der Waals surface area contributed by atoms with Crippen molar-refractivity contribution in [3.63, 3.8) is 0 Å². The van der Waals surface area contributed by atoms with Crippen LogP contribution in [-0.2, 0) is 4.79 Å². The molecule has 1 aromatic rings. The van der Waals surface area contributed by atoms with E-state index in [1.54, 1.807) is 4.90 Å². The SMILES string of the molecule is CCCCCN(C)C(=O)[C@H](N)c1ccccc1. The van der Waals surface area contributed by atoms with Gasteiger partial charge in [-0.1, -0.05) is 50.1 Å². The second-order valence-corrected chi connectivity index (χ2v) is 4.36. The molecule has 1 amide bonds. The molecule has 2 N–H and O–H groups in total. The first kappa shape index (κ1) is 13.7. The summed E-state index contributed by atoms with van der Waals surface area (Å²) < 4.78 is 0. The zero-order valence-corrected chi connectivity index (χ0v) is 10.7. The first-order chi connectivity index (χ1) is 8.16. The van der Waals surface area contributed by atoms with Crippen LogP contribution in [0.15, 0.2) is 30.3 Å². The first-order valence-electron chi connectivity index (χ1n) is 6.22. The molecule has 0 saturated carbocycles. The molecule has 0 radical (unpaired) electrons. The number of benzene rings is 1. The lowest BCUT2D eigenvalue weighted by atomic mass is 10.1. The smallest absolute Gasteiger partial charge is 0.243 e. The summed E-state index contributed by atoms with van der Waals surface area (Å²) in [6.07, 6.45) is 3.35. The summed E-state index contributed by atoms with van der Waals surface area (Å²) in [6, 6.07) is 8.97. The maximum absolute atomic E-state index is 12.0. The Kier molecular flexibility index (Phi) is 5.70. The average Bonchev–Trinajstić information content (AvgIpc) is 2.38. The molecule has 1 aromatic carbocycles. The van der Waals surface area contributed by atoms with Gasteiger partial charge in [-0.15, -0.1) is 0 Å². The first-order valence-corrected chi connectivity index (χ1v) is 6.22.